The summed E-state index contributed by atoms with van der Waals surface area (Å²) in [5.41, 5.74) is -6.93. The molecule has 0 radical (unpaired) electrons. The van der Waals surface area contributed by atoms with Crippen LogP contribution in [0.25, 0.3) is 0 Å². The van der Waals surface area contributed by atoms with Gasteiger partial charge in [0.2, 0.25) is 5.84 Å². The first-order valence-corrected chi connectivity index (χ1v) is 8.79. The number of hydrogen-bond donors (Lipinski definition) is 1. The third kappa shape index (κ3) is 5.06. The van der Waals surface area contributed by atoms with Crippen molar-refractivity contribution in [3.63, 3.8) is 0 Å². The number of likely N-dealkylation sites (N-methyl/N-ethyl adjacent to an activating group) is 1. The van der Waals surface area contributed by atoms with Gasteiger partial charge in [-0.2, -0.15) is 39.5 Å². The third-order valence-electron chi connectivity index (χ3n) is 4.56. The minimum absolute atomic E-state index is 0.0329. The van der Waals surface area contributed by atoms with Crippen LogP contribution >= 0.6 is 0 Å². The summed E-state index contributed by atoms with van der Waals surface area (Å²) < 4.78 is 125. The molecular weight excluding hydrogens is 477 g/mol. The van der Waals surface area contributed by atoms with Crippen molar-refractivity contribution in [1.29, 1.82) is 5.41 Å². The van der Waals surface area contributed by atoms with Crippen molar-refractivity contribution in [2.24, 2.45) is 0 Å². The zero-order valence-corrected chi connectivity index (χ0v) is 16.6. The van der Waals surface area contributed by atoms with Gasteiger partial charge in [0, 0.05) is 18.2 Å². The molecule has 1 aromatic rings. The molecule has 1 heterocycles. The van der Waals surface area contributed by atoms with Crippen LogP contribution in [-0.4, -0.2) is 47.3 Å². The van der Waals surface area contributed by atoms with Gasteiger partial charge >= 0.3 is 24.5 Å². The van der Waals surface area contributed by atoms with Crippen LogP contribution in [0.5, 0.6) is 0 Å². The SMILES string of the molecule is CCN1C(=O)C=C(C(F)(F)F)N(C(=N)C(=O)OC)C1c1ccc(C(F)(F)F)cc1C(F)(F)F. The number of halogens is 9. The van der Waals surface area contributed by atoms with E-state index in [4.69, 9.17) is 5.41 Å². The van der Waals surface area contributed by atoms with E-state index in [9.17, 15) is 49.1 Å². The molecule has 182 valence electrons. The predicted octanol–water partition coefficient (Wildman–Crippen LogP) is 4.48. The van der Waals surface area contributed by atoms with Gasteiger partial charge < -0.3 is 9.64 Å². The molecule has 0 aliphatic carbocycles. The molecule has 33 heavy (non-hydrogen) atoms. The summed E-state index contributed by atoms with van der Waals surface area (Å²) in [6.45, 7) is 0.656. The lowest BCUT2D eigenvalue weighted by Crippen LogP contribution is -2.54. The van der Waals surface area contributed by atoms with Crippen LogP contribution in [0.1, 0.15) is 29.8 Å². The fourth-order valence-electron chi connectivity index (χ4n) is 3.16. The second kappa shape index (κ2) is 8.59. The Balaban J connectivity index is 2.93. The minimum atomic E-state index is -5.50. The third-order valence-corrected chi connectivity index (χ3v) is 4.56. The molecule has 15 heteroatoms. The van der Waals surface area contributed by atoms with Crippen LogP contribution in [-0.2, 0) is 26.7 Å². The van der Waals surface area contributed by atoms with E-state index in [1.54, 1.807) is 0 Å². The molecule has 1 N–H and O–H groups in total. The van der Waals surface area contributed by atoms with E-state index in [-0.39, 0.29) is 29.2 Å². The van der Waals surface area contributed by atoms with E-state index in [0.717, 1.165) is 0 Å². The number of ether oxygens (including phenoxy) is 1. The maximum atomic E-state index is 13.7. The highest BCUT2D eigenvalue weighted by Gasteiger charge is 2.51. The number of carbonyl (C=O) groups excluding carboxylic acids is 2. The Morgan fingerprint density at radius 1 is 1.03 bits per heavy atom. The number of hydrogen-bond acceptors (Lipinski definition) is 4. The van der Waals surface area contributed by atoms with Crippen LogP contribution in [0.15, 0.2) is 30.0 Å². The summed E-state index contributed by atoms with van der Waals surface area (Å²) in [6, 6.07) is 0.122. The molecule has 0 aromatic heterocycles. The van der Waals surface area contributed by atoms with Gasteiger partial charge in [0.1, 0.15) is 11.9 Å². The van der Waals surface area contributed by atoms with Crippen LogP contribution in [0.4, 0.5) is 39.5 Å². The van der Waals surface area contributed by atoms with Crippen molar-refractivity contribution in [1.82, 2.24) is 9.80 Å². The van der Waals surface area contributed by atoms with Gasteiger partial charge in [-0.1, -0.05) is 6.07 Å². The highest BCUT2D eigenvalue weighted by Crippen LogP contribution is 2.45. The quantitative estimate of drug-likeness (QED) is 0.287. The van der Waals surface area contributed by atoms with Gasteiger partial charge in [0.25, 0.3) is 5.91 Å². The molecule has 1 unspecified atom stereocenters. The molecule has 1 atom stereocenters. The second-order valence-electron chi connectivity index (χ2n) is 6.53. The average Bonchev–Trinajstić information content (AvgIpc) is 2.69. The number of alkyl halides is 9. The Kier molecular flexibility index (Phi) is 6.77. The molecule has 1 aliphatic heterocycles. The lowest BCUT2D eigenvalue weighted by molar-refractivity contribution is -0.150. The van der Waals surface area contributed by atoms with Crippen molar-refractivity contribution < 1.29 is 53.8 Å². The molecule has 0 spiro atoms. The second-order valence-corrected chi connectivity index (χ2v) is 6.53. The normalized spacial score (nSPS) is 17.7. The standard InChI is InChI=1S/C18H14F9N3O3/c1-3-29-12(31)7-11(18(25,26)27)30(13(28)15(32)33-2)14(29)9-5-4-8(16(19,20)21)6-10(9)17(22,23)24/h4-7,14,28H,3H2,1-2H3. The first kappa shape index (κ1) is 26.0. The fraction of sp³-hybridized carbons (Fsp3) is 0.389. The molecule has 2 rings (SSSR count). The Labute approximate surface area is 179 Å². The number of carbonyl (C=O) groups is 2. The van der Waals surface area contributed by atoms with Crippen molar-refractivity contribution in [2.45, 2.75) is 31.6 Å². The van der Waals surface area contributed by atoms with E-state index in [0.29, 0.717) is 12.0 Å². The Morgan fingerprint density at radius 3 is 2.03 bits per heavy atom. The zero-order valence-electron chi connectivity index (χ0n) is 16.6. The number of amidine groups is 1. The van der Waals surface area contributed by atoms with Crippen LogP contribution in [0, 0.1) is 5.41 Å². The Bertz CT molecular complexity index is 997. The van der Waals surface area contributed by atoms with Gasteiger partial charge in [0.15, 0.2) is 0 Å². The van der Waals surface area contributed by atoms with Gasteiger partial charge in [-0.15, -0.1) is 0 Å². The van der Waals surface area contributed by atoms with Gasteiger partial charge in [-0.05, 0) is 19.1 Å². The molecule has 6 nitrogen and oxygen atoms in total. The summed E-state index contributed by atoms with van der Waals surface area (Å²) in [7, 11) is 0.689. The average molecular weight is 491 g/mol. The monoisotopic (exact) mass is 491 g/mol. The molecule has 0 fully saturated rings. The zero-order chi connectivity index (χ0) is 25.5. The van der Waals surface area contributed by atoms with Crippen molar-refractivity contribution in [2.75, 3.05) is 13.7 Å². The highest BCUT2D eigenvalue weighted by atomic mass is 19.4. The molecule has 0 saturated carbocycles. The summed E-state index contributed by atoms with van der Waals surface area (Å²) in [4.78, 5) is 24.4. The van der Waals surface area contributed by atoms with Gasteiger partial charge in [0.05, 0.1) is 18.2 Å². The van der Waals surface area contributed by atoms with Crippen molar-refractivity contribution >= 4 is 17.7 Å². The van der Waals surface area contributed by atoms with Crippen LogP contribution in [0.3, 0.4) is 0 Å². The minimum Gasteiger partial charge on any atom is -0.463 e. The van der Waals surface area contributed by atoms with Crippen LogP contribution in [0.2, 0.25) is 0 Å². The van der Waals surface area contributed by atoms with Crippen molar-refractivity contribution in [3.05, 3.63) is 46.7 Å². The molecule has 0 bridgehead atoms. The number of rotatable bonds is 2. The highest BCUT2D eigenvalue weighted by molar-refractivity contribution is 6.34. The summed E-state index contributed by atoms with van der Waals surface area (Å²) in [5, 5.41) is 7.79. The lowest BCUT2D eigenvalue weighted by atomic mass is 9.97. The van der Waals surface area contributed by atoms with E-state index in [1.807, 2.05) is 0 Å². The molecule has 1 amide bonds. The van der Waals surface area contributed by atoms with E-state index < -0.39 is 71.3 Å². The summed E-state index contributed by atoms with van der Waals surface area (Å²) in [6.07, 6.45) is -18.6. The Morgan fingerprint density at radius 2 is 1.61 bits per heavy atom. The fourth-order valence-corrected chi connectivity index (χ4v) is 3.16. The Hall–Kier alpha value is -3.26. The smallest absolute Gasteiger partial charge is 0.431 e. The van der Waals surface area contributed by atoms with Crippen molar-refractivity contribution in [3.8, 4) is 0 Å². The van der Waals surface area contributed by atoms with Gasteiger partial charge in [-0.3, -0.25) is 15.1 Å². The van der Waals surface area contributed by atoms with E-state index in [1.165, 1.54) is 6.92 Å². The largest absolute Gasteiger partial charge is 0.463 e. The number of amides is 1. The molecule has 1 aromatic carbocycles. The number of allylic oxidation sites excluding steroid dienone is 1. The number of nitrogens with one attached hydrogen (secondary N) is 1. The van der Waals surface area contributed by atoms with E-state index >= 15 is 0 Å². The van der Waals surface area contributed by atoms with E-state index in [2.05, 4.69) is 4.74 Å². The molecular formula is C18H14F9N3O3. The van der Waals surface area contributed by atoms with Gasteiger partial charge in [-0.25, -0.2) is 4.79 Å². The summed E-state index contributed by atoms with van der Waals surface area (Å²) in [5.74, 6) is -4.72. The topological polar surface area (TPSA) is 73.7 Å². The number of esters is 1. The molecule has 0 saturated heterocycles. The van der Waals surface area contributed by atoms with Crippen LogP contribution < -0.4 is 0 Å². The predicted molar refractivity (Wildman–Crippen MR) is 92.3 cm³/mol. The first-order chi connectivity index (χ1) is 14.9. The number of nitrogens with zero attached hydrogens (tertiary/aromatic N) is 2. The maximum Gasteiger partial charge on any atom is 0.431 e. The number of methoxy groups -OCH3 is 1. The first-order valence-electron chi connectivity index (χ1n) is 8.79. The summed E-state index contributed by atoms with van der Waals surface area (Å²) >= 11 is 0. The number of benzene rings is 1. The maximum absolute atomic E-state index is 13.7. The lowest BCUT2D eigenvalue weighted by Gasteiger charge is -2.44. The molecule has 1 aliphatic rings.